The van der Waals surface area contributed by atoms with Crippen LogP contribution >= 0.6 is 0 Å². The molecule has 1 fully saturated rings. The fraction of sp³-hybridized carbons (Fsp3) is 0.500. The van der Waals surface area contributed by atoms with Gasteiger partial charge in [0.15, 0.2) is 0 Å². The zero-order valence-electron chi connectivity index (χ0n) is 10.7. The lowest BCUT2D eigenvalue weighted by molar-refractivity contribution is -0.115. The standard InChI is InChI=1S/C14H20N2O2/c1-2-14(17)16-13-5-3-12(4-6-13)15-9-11-7-8-18-10-11/h3-6,11,15H,2,7-10H2,1H3,(H,16,17). The fourth-order valence-corrected chi connectivity index (χ4v) is 1.93. The Bertz CT molecular complexity index is 383. The van der Waals surface area contributed by atoms with Crippen molar-refractivity contribution in [2.24, 2.45) is 5.92 Å². The molecule has 1 saturated heterocycles. The van der Waals surface area contributed by atoms with Gasteiger partial charge in [-0.3, -0.25) is 4.79 Å². The van der Waals surface area contributed by atoms with Crippen molar-refractivity contribution in [1.82, 2.24) is 0 Å². The molecular weight excluding hydrogens is 228 g/mol. The van der Waals surface area contributed by atoms with Crippen LogP contribution in [0.15, 0.2) is 24.3 Å². The maximum atomic E-state index is 11.2. The van der Waals surface area contributed by atoms with Crippen LogP contribution in [0.2, 0.25) is 0 Å². The number of amides is 1. The summed E-state index contributed by atoms with van der Waals surface area (Å²) in [6.07, 6.45) is 1.64. The zero-order valence-corrected chi connectivity index (χ0v) is 10.7. The molecule has 1 aliphatic heterocycles. The van der Waals surface area contributed by atoms with Gasteiger partial charge in [-0.2, -0.15) is 0 Å². The number of rotatable bonds is 5. The highest BCUT2D eigenvalue weighted by atomic mass is 16.5. The van der Waals surface area contributed by atoms with Gasteiger partial charge in [-0.1, -0.05) is 6.92 Å². The number of carbonyl (C=O) groups excluding carboxylic acids is 1. The van der Waals surface area contributed by atoms with Crippen LogP contribution < -0.4 is 10.6 Å². The van der Waals surface area contributed by atoms with Crippen molar-refractivity contribution in [3.8, 4) is 0 Å². The van der Waals surface area contributed by atoms with Crippen LogP contribution in [-0.4, -0.2) is 25.7 Å². The van der Waals surface area contributed by atoms with E-state index in [1.165, 1.54) is 0 Å². The van der Waals surface area contributed by atoms with Gasteiger partial charge in [0.05, 0.1) is 6.61 Å². The molecule has 1 aliphatic rings. The van der Waals surface area contributed by atoms with Crippen LogP contribution in [0, 0.1) is 5.92 Å². The molecule has 1 aromatic rings. The van der Waals surface area contributed by atoms with Crippen molar-refractivity contribution >= 4 is 17.3 Å². The Morgan fingerprint density at radius 2 is 2.06 bits per heavy atom. The summed E-state index contributed by atoms with van der Waals surface area (Å²) in [6, 6.07) is 7.81. The molecule has 0 spiro atoms. The first-order valence-corrected chi connectivity index (χ1v) is 6.49. The number of hydrogen-bond donors (Lipinski definition) is 2. The van der Waals surface area contributed by atoms with Crippen LogP contribution in [0.3, 0.4) is 0 Å². The average molecular weight is 248 g/mol. The van der Waals surface area contributed by atoms with Gasteiger partial charge < -0.3 is 15.4 Å². The third kappa shape index (κ3) is 3.74. The van der Waals surface area contributed by atoms with E-state index in [1.54, 1.807) is 0 Å². The Hall–Kier alpha value is -1.55. The predicted octanol–water partition coefficient (Wildman–Crippen LogP) is 2.48. The molecule has 2 N–H and O–H groups in total. The van der Waals surface area contributed by atoms with Crippen LogP contribution in [0.5, 0.6) is 0 Å². The maximum Gasteiger partial charge on any atom is 0.224 e. The van der Waals surface area contributed by atoms with Crippen molar-refractivity contribution in [3.05, 3.63) is 24.3 Å². The molecule has 1 unspecified atom stereocenters. The molecule has 1 heterocycles. The van der Waals surface area contributed by atoms with E-state index in [2.05, 4.69) is 10.6 Å². The lowest BCUT2D eigenvalue weighted by Gasteiger charge is -2.11. The van der Waals surface area contributed by atoms with Crippen molar-refractivity contribution in [2.45, 2.75) is 19.8 Å². The van der Waals surface area contributed by atoms with E-state index in [1.807, 2.05) is 31.2 Å². The Labute approximate surface area is 108 Å². The second-order valence-corrected chi connectivity index (χ2v) is 4.59. The largest absolute Gasteiger partial charge is 0.385 e. The first-order chi connectivity index (χ1) is 8.78. The lowest BCUT2D eigenvalue weighted by atomic mass is 10.1. The number of benzene rings is 1. The monoisotopic (exact) mass is 248 g/mol. The highest BCUT2D eigenvalue weighted by Crippen LogP contribution is 2.16. The minimum atomic E-state index is 0.0406. The Kier molecular flexibility index (Phi) is 4.59. The van der Waals surface area contributed by atoms with Gasteiger partial charge in [0.1, 0.15) is 0 Å². The summed E-state index contributed by atoms with van der Waals surface area (Å²) >= 11 is 0. The second kappa shape index (κ2) is 6.40. The SMILES string of the molecule is CCC(=O)Nc1ccc(NCC2CCOC2)cc1. The molecule has 0 radical (unpaired) electrons. The van der Waals surface area contributed by atoms with Crippen molar-refractivity contribution in [2.75, 3.05) is 30.4 Å². The van der Waals surface area contributed by atoms with Gasteiger partial charge in [-0.25, -0.2) is 0 Å². The van der Waals surface area contributed by atoms with E-state index in [4.69, 9.17) is 4.74 Å². The summed E-state index contributed by atoms with van der Waals surface area (Å²) in [7, 11) is 0. The predicted molar refractivity (Wildman–Crippen MR) is 72.8 cm³/mol. The van der Waals surface area contributed by atoms with Crippen LogP contribution in [0.4, 0.5) is 11.4 Å². The van der Waals surface area contributed by atoms with Gasteiger partial charge in [0, 0.05) is 36.9 Å². The highest BCUT2D eigenvalue weighted by molar-refractivity contribution is 5.90. The topological polar surface area (TPSA) is 50.4 Å². The third-order valence-electron chi connectivity index (χ3n) is 3.11. The van der Waals surface area contributed by atoms with E-state index in [9.17, 15) is 4.79 Å². The van der Waals surface area contributed by atoms with E-state index in [-0.39, 0.29) is 5.91 Å². The number of ether oxygens (including phenoxy) is 1. The number of nitrogens with one attached hydrogen (secondary N) is 2. The fourth-order valence-electron chi connectivity index (χ4n) is 1.93. The van der Waals surface area contributed by atoms with Crippen LogP contribution in [0.25, 0.3) is 0 Å². The summed E-state index contributed by atoms with van der Waals surface area (Å²) in [4.78, 5) is 11.2. The molecule has 18 heavy (non-hydrogen) atoms. The molecule has 4 heteroatoms. The molecule has 0 aliphatic carbocycles. The Morgan fingerprint density at radius 1 is 1.33 bits per heavy atom. The molecular formula is C14H20N2O2. The smallest absolute Gasteiger partial charge is 0.224 e. The highest BCUT2D eigenvalue weighted by Gasteiger charge is 2.14. The minimum Gasteiger partial charge on any atom is -0.385 e. The van der Waals surface area contributed by atoms with E-state index in [0.717, 1.165) is 37.6 Å². The van der Waals surface area contributed by atoms with Gasteiger partial charge in [0.2, 0.25) is 5.91 Å². The minimum absolute atomic E-state index is 0.0406. The Balaban J connectivity index is 1.81. The molecule has 1 atom stereocenters. The van der Waals surface area contributed by atoms with Gasteiger partial charge >= 0.3 is 0 Å². The van der Waals surface area contributed by atoms with Crippen molar-refractivity contribution < 1.29 is 9.53 Å². The maximum absolute atomic E-state index is 11.2. The lowest BCUT2D eigenvalue weighted by Crippen LogP contribution is -2.14. The van der Waals surface area contributed by atoms with Gasteiger partial charge in [-0.05, 0) is 30.7 Å². The van der Waals surface area contributed by atoms with Crippen LogP contribution in [0.1, 0.15) is 19.8 Å². The quantitative estimate of drug-likeness (QED) is 0.841. The third-order valence-corrected chi connectivity index (χ3v) is 3.11. The summed E-state index contributed by atoms with van der Waals surface area (Å²) in [5.41, 5.74) is 1.92. The summed E-state index contributed by atoms with van der Waals surface area (Å²) < 4.78 is 5.33. The molecule has 0 aromatic heterocycles. The van der Waals surface area contributed by atoms with Crippen molar-refractivity contribution in [1.29, 1.82) is 0 Å². The Morgan fingerprint density at radius 3 is 2.67 bits per heavy atom. The molecule has 1 amide bonds. The number of carbonyl (C=O) groups is 1. The number of anilines is 2. The first-order valence-electron chi connectivity index (χ1n) is 6.49. The number of hydrogen-bond acceptors (Lipinski definition) is 3. The summed E-state index contributed by atoms with van der Waals surface area (Å²) in [5.74, 6) is 0.656. The van der Waals surface area contributed by atoms with E-state index >= 15 is 0 Å². The average Bonchev–Trinajstić information content (AvgIpc) is 2.91. The normalized spacial score (nSPS) is 18.6. The summed E-state index contributed by atoms with van der Waals surface area (Å²) in [5, 5.41) is 6.22. The second-order valence-electron chi connectivity index (χ2n) is 4.59. The van der Waals surface area contributed by atoms with E-state index in [0.29, 0.717) is 12.3 Å². The molecule has 1 aromatic carbocycles. The molecule has 4 nitrogen and oxygen atoms in total. The molecule has 2 rings (SSSR count). The van der Waals surface area contributed by atoms with E-state index < -0.39 is 0 Å². The molecule has 0 bridgehead atoms. The first kappa shape index (κ1) is 12.9. The summed E-state index contributed by atoms with van der Waals surface area (Å²) in [6.45, 7) is 4.53. The molecule has 0 saturated carbocycles. The van der Waals surface area contributed by atoms with Crippen LogP contribution in [-0.2, 0) is 9.53 Å². The van der Waals surface area contributed by atoms with Crippen molar-refractivity contribution in [3.63, 3.8) is 0 Å². The zero-order chi connectivity index (χ0) is 12.8. The molecule has 98 valence electrons. The van der Waals surface area contributed by atoms with Gasteiger partial charge in [-0.15, -0.1) is 0 Å². The van der Waals surface area contributed by atoms with Gasteiger partial charge in [0.25, 0.3) is 0 Å².